The van der Waals surface area contributed by atoms with Gasteiger partial charge in [0.1, 0.15) is 17.3 Å². The molecule has 1 amide bonds. The Morgan fingerprint density at radius 2 is 2.24 bits per heavy atom. The predicted octanol–water partition coefficient (Wildman–Crippen LogP) is 2.01. The topological polar surface area (TPSA) is 76.1 Å². The van der Waals surface area contributed by atoms with E-state index in [0.717, 1.165) is 0 Å². The molecular formula is C19H19NO5. The first kappa shape index (κ1) is 15.9. The molecule has 6 nitrogen and oxygen atoms in total. The molecule has 0 radical (unpaired) electrons. The summed E-state index contributed by atoms with van der Waals surface area (Å²) >= 11 is 0. The predicted molar refractivity (Wildman–Crippen MR) is 90.4 cm³/mol. The lowest BCUT2D eigenvalue weighted by molar-refractivity contribution is -0.146. The van der Waals surface area contributed by atoms with Gasteiger partial charge in [-0.2, -0.15) is 0 Å². The molecule has 1 aromatic carbocycles. The second-order valence-corrected chi connectivity index (χ2v) is 6.56. The van der Waals surface area contributed by atoms with Gasteiger partial charge in [-0.05, 0) is 18.6 Å². The molecule has 3 heterocycles. The number of hydrogen-bond donors (Lipinski definition) is 1. The molecule has 4 rings (SSSR count). The number of carbonyl (C=O) groups is 2. The number of benzene rings is 1. The van der Waals surface area contributed by atoms with Gasteiger partial charge in [-0.15, -0.1) is 6.58 Å². The number of carboxylic acid groups (broad SMARTS) is 1. The fourth-order valence-corrected chi connectivity index (χ4v) is 4.49. The zero-order chi connectivity index (χ0) is 17.8. The summed E-state index contributed by atoms with van der Waals surface area (Å²) in [4.78, 5) is 26.7. The number of ether oxygens (including phenoxy) is 2. The Labute approximate surface area is 145 Å². The summed E-state index contributed by atoms with van der Waals surface area (Å²) in [6.07, 6.45) is 5.30. The lowest BCUT2D eigenvalue weighted by atomic mass is 9.74. The molecule has 6 heteroatoms. The number of para-hydroxylation sites is 2. The van der Waals surface area contributed by atoms with Crippen molar-refractivity contribution in [2.45, 2.75) is 24.2 Å². The zero-order valence-corrected chi connectivity index (χ0v) is 13.8. The van der Waals surface area contributed by atoms with E-state index < -0.39 is 29.5 Å². The van der Waals surface area contributed by atoms with E-state index >= 15 is 0 Å². The first-order valence-corrected chi connectivity index (χ1v) is 8.22. The van der Waals surface area contributed by atoms with Gasteiger partial charge in [-0.1, -0.05) is 30.4 Å². The third-order valence-electron chi connectivity index (χ3n) is 5.44. The number of amides is 1. The molecule has 0 saturated carbocycles. The van der Waals surface area contributed by atoms with Gasteiger partial charge in [-0.3, -0.25) is 9.59 Å². The van der Waals surface area contributed by atoms with Crippen molar-refractivity contribution in [2.24, 2.45) is 11.8 Å². The van der Waals surface area contributed by atoms with Crippen LogP contribution in [0.5, 0.6) is 5.75 Å². The van der Waals surface area contributed by atoms with Gasteiger partial charge in [0.25, 0.3) is 0 Å². The summed E-state index contributed by atoms with van der Waals surface area (Å²) in [6, 6.07) is 6.87. The molecule has 25 heavy (non-hydrogen) atoms. The highest BCUT2D eigenvalue weighted by Crippen LogP contribution is 2.57. The number of methoxy groups -OCH3 is 1. The molecule has 3 aliphatic rings. The number of carbonyl (C=O) groups excluding carboxylic acids is 1. The van der Waals surface area contributed by atoms with E-state index in [9.17, 15) is 14.7 Å². The highest BCUT2D eigenvalue weighted by molar-refractivity contribution is 6.04. The van der Waals surface area contributed by atoms with Crippen molar-refractivity contribution < 1.29 is 24.2 Å². The summed E-state index contributed by atoms with van der Waals surface area (Å²) in [7, 11) is 1.54. The number of rotatable bonds is 5. The second-order valence-electron chi connectivity index (χ2n) is 6.56. The van der Waals surface area contributed by atoms with Crippen molar-refractivity contribution in [3.63, 3.8) is 0 Å². The highest BCUT2D eigenvalue weighted by Gasteiger charge is 2.71. The molecule has 0 aromatic heterocycles. The average Bonchev–Trinajstić information content (AvgIpc) is 3.24. The number of nitrogens with zero attached hydrogens (tertiary/aromatic N) is 1. The van der Waals surface area contributed by atoms with Crippen molar-refractivity contribution in [1.29, 1.82) is 0 Å². The molecule has 1 N–H and O–H groups in total. The number of hydrogen-bond acceptors (Lipinski definition) is 4. The monoisotopic (exact) mass is 341 g/mol. The Morgan fingerprint density at radius 1 is 1.48 bits per heavy atom. The molecule has 3 aliphatic heterocycles. The maximum Gasteiger partial charge on any atom is 0.310 e. The van der Waals surface area contributed by atoms with Crippen LogP contribution in [0.1, 0.15) is 6.42 Å². The summed E-state index contributed by atoms with van der Waals surface area (Å²) in [5.41, 5.74) is -0.310. The SMILES string of the molecule is C=CC[C@H]1N(c2ccccc2OC)C(=O)[C@H]2[C@@H](C(=O)O)[C@@H]3C=C[C@]21O3. The summed E-state index contributed by atoms with van der Waals surface area (Å²) in [5, 5.41) is 9.64. The van der Waals surface area contributed by atoms with E-state index in [1.165, 1.54) is 0 Å². The summed E-state index contributed by atoms with van der Waals surface area (Å²) in [6.45, 7) is 3.80. The molecule has 2 bridgehead atoms. The normalized spacial score (nSPS) is 35.1. The quantitative estimate of drug-likeness (QED) is 0.829. The molecule has 2 saturated heterocycles. The van der Waals surface area contributed by atoms with E-state index in [0.29, 0.717) is 17.9 Å². The summed E-state index contributed by atoms with van der Waals surface area (Å²) in [5.74, 6) is -2.30. The minimum absolute atomic E-state index is 0.240. The van der Waals surface area contributed by atoms with Crippen LogP contribution in [-0.4, -0.2) is 41.8 Å². The van der Waals surface area contributed by atoms with E-state index in [-0.39, 0.29) is 11.9 Å². The molecule has 1 aromatic rings. The van der Waals surface area contributed by atoms with E-state index in [4.69, 9.17) is 9.47 Å². The molecule has 0 unspecified atom stereocenters. The van der Waals surface area contributed by atoms with Crippen LogP contribution in [-0.2, 0) is 14.3 Å². The number of carboxylic acids is 1. The molecule has 1 spiro atoms. The first-order valence-electron chi connectivity index (χ1n) is 8.22. The fraction of sp³-hybridized carbons (Fsp3) is 0.368. The smallest absolute Gasteiger partial charge is 0.310 e. The van der Waals surface area contributed by atoms with E-state index in [2.05, 4.69) is 6.58 Å². The van der Waals surface area contributed by atoms with Gasteiger partial charge in [0.2, 0.25) is 5.91 Å². The Kier molecular flexibility index (Phi) is 3.47. The van der Waals surface area contributed by atoms with Gasteiger partial charge in [-0.25, -0.2) is 0 Å². The lowest BCUT2D eigenvalue weighted by Gasteiger charge is -2.33. The van der Waals surface area contributed by atoms with Crippen molar-refractivity contribution in [1.82, 2.24) is 0 Å². The van der Waals surface area contributed by atoms with Gasteiger partial charge in [0, 0.05) is 0 Å². The van der Waals surface area contributed by atoms with Crippen LogP contribution in [0.4, 0.5) is 5.69 Å². The second kappa shape index (κ2) is 5.46. The number of aliphatic carboxylic acids is 1. The fourth-order valence-electron chi connectivity index (χ4n) is 4.49. The van der Waals surface area contributed by atoms with Crippen LogP contribution >= 0.6 is 0 Å². The first-order chi connectivity index (χ1) is 12.0. The van der Waals surface area contributed by atoms with Gasteiger partial charge in [0.15, 0.2) is 0 Å². The molecule has 5 atom stereocenters. The summed E-state index contributed by atoms with van der Waals surface area (Å²) < 4.78 is 11.5. The zero-order valence-electron chi connectivity index (χ0n) is 13.8. The Balaban J connectivity index is 1.87. The van der Waals surface area contributed by atoms with Crippen molar-refractivity contribution in [2.75, 3.05) is 12.0 Å². The Morgan fingerprint density at radius 3 is 2.92 bits per heavy atom. The minimum atomic E-state index is -1.01. The largest absolute Gasteiger partial charge is 0.495 e. The van der Waals surface area contributed by atoms with Gasteiger partial charge < -0.3 is 19.5 Å². The van der Waals surface area contributed by atoms with Crippen molar-refractivity contribution >= 4 is 17.6 Å². The highest BCUT2D eigenvalue weighted by atomic mass is 16.5. The minimum Gasteiger partial charge on any atom is -0.495 e. The van der Waals surface area contributed by atoms with Crippen LogP contribution < -0.4 is 9.64 Å². The molecule has 2 fully saturated rings. The van der Waals surface area contributed by atoms with Crippen LogP contribution in [0.2, 0.25) is 0 Å². The van der Waals surface area contributed by atoms with Crippen LogP contribution in [0.3, 0.4) is 0 Å². The van der Waals surface area contributed by atoms with Crippen LogP contribution in [0, 0.1) is 11.8 Å². The van der Waals surface area contributed by atoms with Crippen LogP contribution in [0.15, 0.2) is 49.1 Å². The number of anilines is 1. The third-order valence-corrected chi connectivity index (χ3v) is 5.44. The molecule has 0 aliphatic carbocycles. The average molecular weight is 341 g/mol. The molecular weight excluding hydrogens is 322 g/mol. The van der Waals surface area contributed by atoms with Gasteiger partial charge >= 0.3 is 5.97 Å². The van der Waals surface area contributed by atoms with E-state index in [1.54, 1.807) is 36.3 Å². The Hall–Kier alpha value is -2.60. The van der Waals surface area contributed by atoms with Crippen molar-refractivity contribution in [3.05, 3.63) is 49.1 Å². The van der Waals surface area contributed by atoms with E-state index in [1.807, 2.05) is 18.2 Å². The standard InChI is InChI=1S/C19H19NO5/c1-3-6-14-19-10-9-13(25-19)15(18(22)23)16(19)17(21)20(14)11-7-4-5-8-12(11)24-2/h3-5,7-10,13-16H,1,6H2,2H3,(H,22,23)/t13-,14+,15-,16+,19+/m0/s1. The van der Waals surface area contributed by atoms with Crippen molar-refractivity contribution in [3.8, 4) is 5.75 Å². The Bertz CT molecular complexity index is 788. The third kappa shape index (κ3) is 1.94. The van der Waals surface area contributed by atoms with Crippen LogP contribution in [0.25, 0.3) is 0 Å². The maximum absolute atomic E-state index is 13.3. The molecule has 130 valence electrons. The number of fused-ring (bicyclic) bond motifs is 1. The maximum atomic E-state index is 13.3. The lowest BCUT2D eigenvalue weighted by Crippen LogP contribution is -2.45. The van der Waals surface area contributed by atoms with Gasteiger partial charge in [0.05, 0.1) is 30.9 Å².